The molecule has 2 nitrogen and oxygen atoms in total. The Bertz CT molecular complexity index is 355. The van der Waals surface area contributed by atoms with Crippen LogP contribution in [-0.2, 0) is 0 Å². The molecule has 0 amide bonds. The Kier molecular flexibility index (Phi) is 4.14. The second-order valence-corrected chi connectivity index (χ2v) is 6.98. The molecule has 0 saturated carbocycles. The first-order valence-electron chi connectivity index (χ1n) is 5.53. The molecule has 2 N–H and O–H groups in total. The Morgan fingerprint density at radius 3 is 2.38 bits per heavy atom. The molecule has 3 heteroatoms. The summed E-state index contributed by atoms with van der Waals surface area (Å²) in [6.07, 6.45) is 0.150. The number of nitrogens with two attached hydrogens (primary N) is 1. The molecule has 0 bridgehead atoms. The first-order valence-corrected chi connectivity index (χ1v) is 6.35. The van der Waals surface area contributed by atoms with Crippen LogP contribution in [0.15, 0.2) is 23.1 Å². The molecule has 1 aromatic carbocycles. The minimum atomic E-state index is 0.150. The highest BCUT2D eigenvalue weighted by Gasteiger charge is 2.13. The summed E-state index contributed by atoms with van der Waals surface area (Å²) in [7, 11) is 0. The molecule has 0 fully saturated rings. The summed E-state index contributed by atoms with van der Waals surface area (Å²) in [4.78, 5) is 1.19. The van der Waals surface area contributed by atoms with Crippen LogP contribution < -0.4 is 10.5 Å². The highest BCUT2D eigenvalue weighted by atomic mass is 32.2. The van der Waals surface area contributed by atoms with Gasteiger partial charge < -0.3 is 10.5 Å². The van der Waals surface area contributed by atoms with Crippen LogP contribution in [0.1, 0.15) is 34.6 Å². The van der Waals surface area contributed by atoms with Crippen molar-refractivity contribution in [1.29, 1.82) is 0 Å². The largest absolute Gasteiger partial charge is 0.489 e. The zero-order chi connectivity index (χ0) is 12.3. The monoisotopic (exact) mass is 239 g/mol. The Hall–Kier alpha value is -0.830. The number of hydrogen-bond acceptors (Lipinski definition) is 3. The fraction of sp³-hybridized carbons (Fsp3) is 0.538. The van der Waals surface area contributed by atoms with Crippen molar-refractivity contribution in [1.82, 2.24) is 0 Å². The smallest absolute Gasteiger partial charge is 0.143 e. The van der Waals surface area contributed by atoms with E-state index in [1.807, 2.05) is 43.8 Å². The average molecular weight is 239 g/mol. The molecule has 90 valence electrons. The second-order valence-electron chi connectivity index (χ2n) is 5.08. The second kappa shape index (κ2) is 5.00. The predicted octanol–water partition coefficient (Wildman–Crippen LogP) is 3.95. The van der Waals surface area contributed by atoms with Crippen LogP contribution >= 0.6 is 11.8 Å². The Labute approximate surface area is 103 Å². The lowest BCUT2D eigenvalue weighted by Crippen LogP contribution is -2.09. The van der Waals surface area contributed by atoms with Gasteiger partial charge in [0.25, 0.3) is 0 Å². The van der Waals surface area contributed by atoms with Gasteiger partial charge in [0.05, 0.1) is 11.8 Å². The van der Waals surface area contributed by atoms with Crippen LogP contribution in [0.5, 0.6) is 5.75 Å². The Balaban J connectivity index is 2.89. The molecule has 0 aliphatic rings. The lowest BCUT2D eigenvalue weighted by atomic mass is 10.3. The van der Waals surface area contributed by atoms with E-state index in [2.05, 4.69) is 20.8 Å². The molecule has 0 saturated heterocycles. The van der Waals surface area contributed by atoms with E-state index >= 15 is 0 Å². The molecule has 0 radical (unpaired) electrons. The lowest BCUT2D eigenvalue weighted by Gasteiger charge is -2.19. The maximum atomic E-state index is 5.87. The van der Waals surface area contributed by atoms with E-state index in [-0.39, 0.29) is 10.9 Å². The van der Waals surface area contributed by atoms with E-state index in [9.17, 15) is 0 Å². The zero-order valence-corrected chi connectivity index (χ0v) is 11.5. The minimum Gasteiger partial charge on any atom is -0.489 e. The van der Waals surface area contributed by atoms with Gasteiger partial charge in [-0.1, -0.05) is 20.8 Å². The topological polar surface area (TPSA) is 35.2 Å². The van der Waals surface area contributed by atoms with Crippen LogP contribution in [0.2, 0.25) is 0 Å². The van der Waals surface area contributed by atoms with Crippen LogP contribution in [-0.4, -0.2) is 10.9 Å². The molecule has 0 aliphatic carbocycles. The van der Waals surface area contributed by atoms with Gasteiger partial charge >= 0.3 is 0 Å². The van der Waals surface area contributed by atoms with Crippen LogP contribution in [0.3, 0.4) is 0 Å². The Morgan fingerprint density at radius 1 is 1.25 bits per heavy atom. The maximum absolute atomic E-state index is 5.87. The molecule has 0 heterocycles. The van der Waals surface area contributed by atoms with Gasteiger partial charge in [-0.25, -0.2) is 0 Å². The van der Waals surface area contributed by atoms with Crippen molar-refractivity contribution in [2.45, 2.75) is 50.4 Å². The lowest BCUT2D eigenvalue weighted by molar-refractivity contribution is 0.243. The van der Waals surface area contributed by atoms with Crippen molar-refractivity contribution in [3.05, 3.63) is 18.2 Å². The molecular weight excluding hydrogens is 218 g/mol. The van der Waals surface area contributed by atoms with Crippen molar-refractivity contribution >= 4 is 17.4 Å². The molecule has 0 unspecified atom stereocenters. The van der Waals surface area contributed by atoms with Crippen molar-refractivity contribution in [3.8, 4) is 5.75 Å². The molecular formula is C13H21NOS. The van der Waals surface area contributed by atoms with Gasteiger partial charge in [-0.3, -0.25) is 0 Å². The van der Waals surface area contributed by atoms with Crippen molar-refractivity contribution in [3.63, 3.8) is 0 Å². The fourth-order valence-corrected chi connectivity index (χ4v) is 2.30. The van der Waals surface area contributed by atoms with E-state index in [0.717, 1.165) is 5.75 Å². The standard InChI is InChI=1S/C13H21NOS/c1-9(2)15-12-8-10(6-7-11(12)14)16-13(3,4)5/h6-9H,14H2,1-5H3. The van der Waals surface area contributed by atoms with Crippen LogP contribution in [0, 0.1) is 0 Å². The van der Waals surface area contributed by atoms with Crippen molar-refractivity contribution < 1.29 is 4.74 Å². The molecule has 16 heavy (non-hydrogen) atoms. The molecule has 0 atom stereocenters. The molecule has 1 aromatic rings. The number of hydrogen-bond donors (Lipinski definition) is 1. The van der Waals surface area contributed by atoms with E-state index in [0.29, 0.717) is 5.69 Å². The number of thioether (sulfide) groups is 1. The van der Waals surface area contributed by atoms with E-state index in [1.54, 1.807) is 0 Å². The molecule has 0 aliphatic heterocycles. The fourth-order valence-electron chi connectivity index (χ4n) is 1.29. The third-order valence-electron chi connectivity index (χ3n) is 1.77. The van der Waals surface area contributed by atoms with E-state index < -0.39 is 0 Å². The summed E-state index contributed by atoms with van der Waals surface area (Å²) in [5.74, 6) is 0.782. The van der Waals surface area contributed by atoms with E-state index in [4.69, 9.17) is 10.5 Å². The van der Waals surface area contributed by atoms with E-state index in [1.165, 1.54) is 4.90 Å². The first-order chi connectivity index (χ1) is 7.28. The summed E-state index contributed by atoms with van der Waals surface area (Å²) in [6.45, 7) is 10.6. The quantitative estimate of drug-likeness (QED) is 0.641. The van der Waals surface area contributed by atoms with Crippen molar-refractivity contribution in [2.24, 2.45) is 0 Å². The summed E-state index contributed by atoms with van der Waals surface area (Å²) in [5.41, 5.74) is 6.57. The first kappa shape index (κ1) is 13.2. The minimum absolute atomic E-state index is 0.150. The van der Waals surface area contributed by atoms with Crippen molar-refractivity contribution in [2.75, 3.05) is 5.73 Å². The number of benzene rings is 1. The van der Waals surface area contributed by atoms with Gasteiger partial charge in [0.2, 0.25) is 0 Å². The third-order valence-corrected chi connectivity index (χ3v) is 2.87. The normalized spacial score (nSPS) is 11.9. The molecule has 0 aromatic heterocycles. The number of anilines is 1. The number of ether oxygens (including phenoxy) is 1. The summed E-state index contributed by atoms with van der Waals surface area (Å²) < 4.78 is 5.86. The highest BCUT2D eigenvalue weighted by Crippen LogP contribution is 2.35. The van der Waals surface area contributed by atoms with Gasteiger partial charge in [-0.2, -0.15) is 0 Å². The van der Waals surface area contributed by atoms with Gasteiger partial charge in [0.15, 0.2) is 0 Å². The SMILES string of the molecule is CC(C)Oc1cc(SC(C)(C)C)ccc1N. The molecule has 1 rings (SSSR count). The third kappa shape index (κ3) is 4.35. The summed E-state index contributed by atoms with van der Waals surface area (Å²) >= 11 is 1.82. The van der Waals surface area contributed by atoms with Crippen LogP contribution in [0.25, 0.3) is 0 Å². The van der Waals surface area contributed by atoms with Gasteiger partial charge in [0, 0.05) is 9.64 Å². The number of rotatable bonds is 3. The predicted molar refractivity (Wildman–Crippen MR) is 72.2 cm³/mol. The zero-order valence-electron chi connectivity index (χ0n) is 10.7. The van der Waals surface area contributed by atoms with Gasteiger partial charge in [0.1, 0.15) is 5.75 Å². The summed E-state index contributed by atoms with van der Waals surface area (Å²) in [5, 5.41) is 0. The maximum Gasteiger partial charge on any atom is 0.143 e. The van der Waals surface area contributed by atoms with Crippen LogP contribution in [0.4, 0.5) is 5.69 Å². The Morgan fingerprint density at radius 2 is 1.88 bits per heavy atom. The highest BCUT2D eigenvalue weighted by molar-refractivity contribution is 8.00. The summed E-state index contributed by atoms with van der Waals surface area (Å²) in [6, 6.07) is 5.97. The average Bonchev–Trinajstić information content (AvgIpc) is 2.07. The van der Waals surface area contributed by atoms with Gasteiger partial charge in [-0.05, 0) is 32.0 Å². The number of nitrogen functional groups attached to an aromatic ring is 1. The van der Waals surface area contributed by atoms with Gasteiger partial charge in [-0.15, -0.1) is 11.8 Å². The molecule has 0 spiro atoms.